The third-order valence-corrected chi connectivity index (χ3v) is 7.81. The number of ether oxygens (including phenoxy) is 1. The topological polar surface area (TPSA) is 118 Å². The quantitative estimate of drug-likeness (QED) is 0.499. The monoisotopic (exact) mass is 509 g/mol. The number of hydrogen-bond donors (Lipinski definition) is 3. The van der Waals surface area contributed by atoms with Crippen molar-refractivity contribution in [1.29, 1.82) is 0 Å². The zero-order valence-electron chi connectivity index (χ0n) is 21.7. The second-order valence-electron chi connectivity index (χ2n) is 10.6. The van der Waals surface area contributed by atoms with E-state index < -0.39 is 5.69 Å². The minimum Gasteiger partial charge on any atom is -0.496 e. The highest BCUT2D eigenvalue weighted by Gasteiger charge is 2.30. The molecule has 1 aromatic heterocycles. The number of hydrogen-bond acceptors (Lipinski definition) is 7. The number of carbonyl (C=O) groups excluding carboxylic acids is 1. The van der Waals surface area contributed by atoms with Crippen LogP contribution in [0.4, 0.5) is 10.6 Å². The number of anilines is 1. The average molecular weight is 510 g/mol. The molecule has 3 aliphatic rings. The molecule has 0 spiro atoms. The van der Waals surface area contributed by atoms with E-state index in [9.17, 15) is 9.59 Å². The highest BCUT2D eigenvalue weighted by molar-refractivity contribution is 5.88. The number of amides is 2. The van der Waals surface area contributed by atoms with E-state index in [1.54, 1.807) is 24.3 Å². The fourth-order valence-corrected chi connectivity index (χ4v) is 5.40. The van der Waals surface area contributed by atoms with Crippen molar-refractivity contribution in [2.75, 3.05) is 45.2 Å². The third-order valence-electron chi connectivity index (χ3n) is 7.81. The van der Waals surface area contributed by atoms with Crippen LogP contribution in [-0.4, -0.2) is 77.3 Å². The van der Waals surface area contributed by atoms with Gasteiger partial charge in [0, 0.05) is 69.2 Å². The molecule has 0 unspecified atom stereocenters. The van der Waals surface area contributed by atoms with Crippen molar-refractivity contribution in [2.24, 2.45) is 11.7 Å². The summed E-state index contributed by atoms with van der Waals surface area (Å²) in [5, 5.41) is 5.95. The Kier molecular flexibility index (Phi) is 8.07. The summed E-state index contributed by atoms with van der Waals surface area (Å²) in [7, 11) is 1.67. The molecule has 4 N–H and O–H groups in total. The van der Waals surface area contributed by atoms with Gasteiger partial charge in [0.1, 0.15) is 11.6 Å². The first kappa shape index (κ1) is 25.7. The lowest BCUT2D eigenvalue weighted by atomic mass is 9.90. The molecule has 0 atom stereocenters. The van der Waals surface area contributed by atoms with E-state index in [4.69, 9.17) is 10.5 Å². The SMILES string of the molecule is COc1cc(-n2ccc(NC(=O)N3CCNCC3)nc2=O)ccc1CN(CC1CC1)[C@H]1CC[C@H](N)CC1. The number of aromatic nitrogens is 2. The van der Waals surface area contributed by atoms with E-state index in [2.05, 4.69) is 26.6 Å². The summed E-state index contributed by atoms with van der Waals surface area (Å²) in [6.07, 6.45) is 8.75. The third kappa shape index (κ3) is 6.49. The largest absolute Gasteiger partial charge is 0.496 e. The lowest BCUT2D eigenvalue weighted by Gasteiger charge is -2.36. The van der Waals surface area contributed by atoms with Crippen LogP contribution in [0, 0.1) is 5.92 Å². The van der Waals surface area contributed by atoms with Gasteiger partial charge in [0.05, 0.1) is 12.8 Å². The fourth-order valence-electron chi connectivity index (χ4n) is 5.40. The van der Waals surface area contributed by atoms with E-state index >= 15 is 0 Å². The van der Waals surface area contributed by atoms with Crippen LogP contribution in [-0.2, 0) is 6.54 Å². The number of carbonyl (C=O) groups is 1. The predicted molar refractivity (Wildman–Crippen MR) is 143 cm³/mol. The van der Waals surface area contributed by atoms with Gasteiger partial charge in [-0.3, -0.25) is 14.8 Å². The zero-order valence-corrected chi connectivity index (χ0v) is 21.7. The number of nitrogens with two attached hydrogens (primary N) is 1. The average Bonchev–Trinajstić information content (AvgIpc) is 3.74. The molecule has 5 rings (SSSR count). The van der Waals surface area contributed by atoms with Gasteiger partial charge in [-0.2, -0.15) is 4.98 Å². The molecule has 1 aromatic carbocycles. The Hall–Kier alpha value is -2.95. The van der Waals surface area contributed by atoms with Gasteiger partial charge in [-0.15, -0.1) is 0 Å². The van der Waals surface area contributed by atoms with Crippen LogP contribution < -0.4 is 26.8 Å². The van der Waals surface area contributed by atoms with Crippen LogP contribution in [0.15, 0.2) is 35.3 Å². The summed E-state index contributed by atoms with van der Waals surface area (Å²) in [5.74, 6) is 1.81. The Morgan fingerprint density at radius 3 is 2.59 bits per heavy atom. The summed E-state index contributed by atoms with van der Waals surface area (Å²) >= 11 is 0. The van der Waals surface area contributed by atoms with Crippen LogP contribution in [0.5, 0.6) is 5.75 Å². The van der Waals surface area contributed by atoms with Crippen LogP contribution in [0.1, 0.15) is 44.1 Å². The van der Waals surface area contributed by atoms with Gasteiger partial charge < -0.3 is 20.7 Å². The van der Waals surface area contributed by atoms with Crippen molar-refractivity contribution in [1.82, 2.24) is 24.7 Å². The molecule has 2 saturated carbocycles. The standard InChI is InChI=1S/C27H39N7O3/c1-37-24-16-23(34-13-10-25(31-27(34)36)30-26(35)32-14-11-29-12-15-32)7-4-20(24)18-33(17-19-2-3-19)22-8-5-21(28)6-9-22/h4,7,10,13,16,19,21-22,29H,2-3,5-6,8-9,11-12,14-15,17-18,28H2,1H3,(H,30,31,35,36)/t21-,22-. The first-order valence-electron chi connectivity index (χ1n) is 13.5. The summed E-state index contributed by atoms with van der Waals surface area (Å²) in [6.45, 7) is 4.71. The van der Waals surface area contributed by atoms with Crippen LogP contribution in [0.25, 0.3) is 5.69 Å². The van der Waals surface area contributed by atoms with E-state index in [1.807, 2.05) is 12.1 Å². The van der Waals surface area contributed by atoms with Gasteiger partial charge in [-0.25, -0.2) is 9.59 Å². The molecule has 2 amide bonds. The maximum Gasteiger partial charge on any atom is 0.354 e. The van der Waals surface area contributed by atoms with Gasteiger partial charge in [0.2, 0.25) is 0 Å². The number of urea groups is 1. The summed E-state index contributed by atoms with van der Waals surface area (Å²) in [4.78, 5) is 33.7. The van der Waals surface area contributed by atoms with Crippen LogP contribution in [0.3, 0.4) is 0 Å². The van der Waals surface area contributed by atoms with E-state index in [1.165, 1.54) is 17.4 Å². The Balaban J connectivity index is 1.30. The minimum absolute atomic E-state index is 0.243. The van der Waals surface area contributed by atoms with Crippen molar-refractivity contribution in [3.05, 3.63) is 46.5 Å². The van der Waals surface area contributed by atoms with Gasteiger partial charge >= 0.3 is 11.7 Å². The first-order chi connectivity index (χ1) is 18.0. The van der Waals surface area contributed by atoms with Gasteiger partial charge in [0.15, 0.2) is 0 Å². The van der Waals surface area contributed by atoms with E-state index in [0.29, 0.717) is 30.9 Å². The van der Waals surface area contributed by atoms with Crippen molar-refractivity contribution in [2.45, 2.75) is 57.2 Å². The van der Waals surface area contributed by atoms with E-state index in [0.717, 1.165) is 69.1 Å². The van der Waals surface area contributed by atoms with Crippen molar-refractivity contribution >= 4 is 11.8 Å². The molecule has 10 nitrogen and oxygen atoms in total. The Bertz CT molecular complexity index is 1140. The molecule has 0 bridgehead atoms. The van der Waals surface area contributed by atoms with Crippen LogP contribution in [0.2, 0.25) is 0 Å². The molecule has 2 aromatic rings. The van der Waals surface area contributed by atoms with Crippen molar-refractivity contribution in [3.8, 4) is 11.4 Å². The lowest BCUT2D eigenvalue weighted by Crippen LogP contribution is -2.48. The molecule has 1 saturated heterocycles. The number of benzene rings is 1. The molecule has 2 aliphatic carbocycles. The normalized spacial score (nSPS) is 22.2. The molecule has 2 heterocycles. The molecule has 10 heteroatoms. The van der Waals surface area contributed by atoms with Gasteiger partial charge in [0.25, 0.3) is 0 Å². The highest BCUT2D eigenvalue weighted by atomic mass is 16.5. The smallest absolute Gasteiger partial charge is 0.354 e. The molecule has 3 fully saturated rings. The molecule has 1 aliphatic heterocycles. The Morgan fingerprint density at radius 1 is 1.16 bits per heavy atom. The second-order valence-corrected chi connectivity index (χ2v) is 10.6. The van der Waals surface area contributed by atoms with Crippen molar-refractivity contribution in [3.63, 3.8) is 0 Å². The summed E-state index contributed by atoms with van der Waals surface area (Å²) in [5.41, 5.74) is 7.50. The second kappa shape index (κ2) is 11.6. The number of nitrogens with one attached hydrogen (secondary N) is 2. The Morgan fingerprint density at radius 2 is 1.92 bits per heavy atom. The van der Waals surface area contributed by atoms with Gasteiger partial charge in [-0.1, -0.05) is 6.07 Å². The zero-order chi connectivity index (χ0) is 25.8. The number of methoxy groups -OCH3 is 1. The highest BCUT2D eigenvalue weighted by Crippen LogP contribution is 2.34. The molecule has 0 radical (unpaired) electrons. The summed E-state index contributed by atoms with van der Waals surface area (Å²) < 4.78 is 7.24. The van der Waals surface area contributed by atoms with Gasteiger partial charge in [-0.05, 0) is 56.6 Å². The summed E-state index contributed by atoms with van der Waals surface area (Å²) in [6, 6.07) is 8.17. The van der Waals surface area contributed by atoms with Crippen LogP contribution >= 0.6 is 0 Å². The molecular formula is C27H39N7O3. The van der Waals surface area contributed by atoms with E-state index in [-0.39, 0.29) is 11.8 Å². The molecular weight excluding hydrogens is 470 g/mol. The first-order valence-corrected chi connectivity index (χ1v) is 13.5. The van der Waals surface area contributed by atoms with Crippen molar-refractivity contribution < 1.29 is 9.53 Å². The minimum atomic E-state index is -0.457. The number of nitrogens with zero attached hydrogens (tertiary/aromatic N) is 4. The lowest BCUT2D eigenvalue weighted by molar-refractivity contribution is 0.134. The maximum absolute atomic E-state index is 12.8. The number of rotatable bonds is 8. The predicted octanol–water partition coefficient (Wildman–Crippen LogP) is 2.16. The maximum atomic E-state index is 12.8. The molecule has 200 valence electrons. The Labute approximate surface area is 218 Å². The number of piperazine rings is 1. The fraction of sp³-hybridized carbons (Fsp3) is 0.593. The molecule has 37 heavy (non-hydrogen) atoms.